The van der Waals surface area contributed by atoms with Crippen LogP contribution in [0.25, 0.3) is 0 Å². The molecule has 0 bridgehead atoms. The number of rotatable bonds is 4. The van der Waals surface area contributed by atoms with Crippen LogP contribution in [0.1, 0.15) is 23.4 Å². The summed E-state index contributed by atoms with van der Waals surface area (Å²) in [4.78, 5) is 4.35. The van der Waals surface area contributed by atoms with E-state index in [2.05, 4.69) is 15.5 Å². The van der Waals surface area contributed by atoms with Crippen molar-refractivity contribution in [3.8, 4) is 11.5 Å². The average Bonchev–Trinajstić information content (AvgIpc) is 2.77. The van der Waals surface area contributed by atoms with Crippen molar-refractivity contribution in [2.75, 3.05) is 25.1 Å². The first-order valence-electron chi connectivity index (χ1n) is 8.02. The highest BCUT2D eigenvalue weighted by molar-refractivity contribution is 5.92. The lowest BCUT2D eigenvalue weighted by molar-refractivity contribution is 0.297. The van der Waals surface area contributed by atoms with Gasteiger partial charge in [-0.25, -0.2) is 0 Å². The van der Waals surface area contributed by atoms with Gasteiger partial charge in [-0.2, -0.15) is 0 Å². The molecule has 0 saturated carbocycles. The summed E-state index contributed by atoms with van der Waals surface area (Å²) in [6.07, 6.45) is 1.62. The molecule has 1 aromatic carbocycles. The van der Waals surface area contributed by atoms with Crippen LogP contribution in [-0.4, -0.2) is 30.9 Å². The molecule has 0 aliphatic carbocycles. The Labute approximate surface area is 140 Å². The van der Waals surface area contributed by atoms with Crippen molar-refractivity contribution in [2.24, 2.45) is 10.7 Å². The van der Waals surface area contributed by atoms with E-state index in [1.54, 1.807) is 0 Å². The zero-order valence-corrected chi connectivity index (χ0v) is 14.0. The maximum Gasteiger partial charge on any atom is 0.193 e. The van der Waals surface area contributed by atoms with E-state index >= 15 is 0 Å². The van der Waals surface area contributed by atoms with Gasteiger partial charge >= 0.3 is 0 Å². The number of aryl methyl sites for hydroxylation is 2. The molecule has 0 atom stereocenters. The van der Waals surface area contributed by atoms with Gasteiger partial charge in [-0.05, 0) is 32.4 Å². The average molecular weight is 330 g/mol. The van der Waals surface area contributed by atoms with Gasteiger partial charge in [-0.1, -0.05) is 5.16 Å². The smallest absolute Gasteiger partial charge is 0.193 e. The Morgan fingerprint density at radius 2 is 2.04 bits per heavy atom. The van der Waals surface area contributed by atoms with Crippen LogP contribution in [0, 0.1) is 13.8 Å². The molecule has 0 unspecified atom stereocenters. The number of nitrogens with one attached hydrogen (secondary N) is 1. The third-order valence-electron chi connectivity index (χ3n) is 3.85. The lowest BCUT2D eigenvalue weighted by Crippen LogP contribution is -2.23. The lowest BCUT2D eigenvalue weighted by Gasteiger charge is -2.10. The molecule has 1 aliphatic heterocycles. The highest BCUT2D eigenvalue weighted by Crippen LogP contribution is 2.32. The Bertz CT molecular complexity index is 720. The minimum atomic E-state index is 0.358. The molecule has 0 spiro atoms. The first-order chi connectivity index (χ1) is 11.6. The second kappa shape index (κ2) is 7.25. The van der Waals surface area contributed by atoms with Gasteiger partial charge in [0.05, 0.1) is 18.9 Å². The van der Waals surface area contributed by atoms with E-state index in [9.17, 15) is 0 Å². The van der Waals surface area contributed by atoms with Crippen molar-refractivity contribution < 1.29 is 14.0 Å². The van der Waals surface area contributed by atoms with Gasteiger partial charge < -0.3 is 25.0 Å². The zero-order chi connectivity index (χ0) is 16.9. The normalized spacial score (nSPS) is 14.3. The molecule has 1 aromatic heterocycles. The summed E-state index contributed by atoms with van der Waals surface area (Å²) in [5.74, 6) is 2.67. The maximum atomic E-state index is 5.96. The Hall–Kier alpha value is -2.70. The van der Waals surface area contributed by atoms with E-state index < -0.39 is 0 Å². The number of hydrogen-bond donors (Lipinski definition) is 2. The van der Waals surface area contributed by atoms with Gasteiger partial charge in [0.25, 0.3) is 0 Å². The van der Waals surface area contributed by atoms with E-state index in [4.69, 9.17) is 19.7 Å². The van der Waals surface area contributed by atoms with Crippen LogP contribution in [0.15, 0.2) is 27.7 Å². The van der Waals surface area contributed by atoms with Crippen LogP contribution in [0.4, 0.5) is 5.69 Å². The summed E-state index contributed by atoms with van der Waals surface area (Å²) >= 11 is 0. The second-order valence-electron chi connectivity index (χ2n) is 5.66. The Morgan fingerprint density at radius 1 is 1.25 bits per heavy atom. The zero-order valence-electron chi connectivity index (χ0n) is 14.0. The van der Waals surface area contributed by atoms with E-state index in [0.717, 1.165) is 47.0 Å². The predicted molar refractivity (Wildman–Crippen MR) is 91.8 cm³/mol. The van der Waals surface area contributed by atoms with E-state index in [1.165, 1.54) is 0 Å². The topological polar surface area (TPSA) is 94.9 Å². The minimum Gasteiger partial charge on any atom is -0.490 e. The Balaban J connectivity index is 1.60. The van der Waals surface area contributed by atoms with E-state index in [1.807, 2.05) is 32.0 Å². The largest absolute Gasteiger partial charge is 0.490 e. The summed E-state index contributed by atoms with van der Waals surface area (Å²) in [7, 11) is 0. The summed E-state index contributed by atoms with van der Waals surface area (Å²) in [5.41, 5.74) is 8.76. The van der Waals surface area contributed by atoms with Crippen molar-refractivity contribution >= 4 is 11.6 Å². The van der Waals surface area contributed by atoms with E-state index in [-0.39, 0.29) is 0 Å². The standard InChI is InChI=1S/C17H22N4O3/c1-11-14(12(2)24-21-11)6-7-19-17(18)20-13-4-5-15-16(10-13)23-9-3-8-22-15/h4-5,10H,3,6-9H2,1-2H3,(H3,18,19,20). The number of nitrogens with two attached hydrogens (primary N) is 1. The number of hydrogen-bond acceptors (Lipinski definition) is 5. The Morgan fingerprint density at radius 3 is 2.79 bits per heavy atom. The first kappa shape index (κ1) is 16.2. The molecule has 3 rings (SSSR count). The van der Waals surface area contributed by atoms with Gasteiger partial charge in [-0.15, -0.1) is 0 Å². The summed E-state index contributed by atoms with van der Waals surface area (Å²) in [6.45, 7) is 5.71. The molecule has 7 nitrogen and oxygen atoms in total. The fourth-order valence-corrected chi connectivity index (χ4v) is 2.58. The molecule has 128 valence electrons. The molecule has 2 heterocycles. The van der Waals surface area contributed by atoms with Crippen molar-refractivity contribution in [3.63, 3.8) is 0 Å². The molecule has 0 radical (unpaired) electrons. The molecule has 3 N–H and O–H groups in total. The summed E-state index contributed by atoms with van der Waals surface area (Å²) in [6, 6.07) is 5.64. The SMILES string of the molecule is Cc1noc(C)c1CCN=C(N)Nc1ccc2c(c1)OCCCO2. The van der Waals surface area contributed by atoms with Gasteiger partial charge in [0, 0.05) is 30.3 Å². The third kappa shape index (κ3) is 3.79. The molecule has 0 amide bonds. The minimum absolute atomic E-state index is 0.358. The van der Waals surface area contributed by atoms with Crippen LogP contribution in [0.3, 0.4) is 0 Å². The number of anilines is 1. The lowest BCUT2D eigenvalue weighted by atomic mass is 10.1. The predicted octanol–water partition coefficient (Wildman–Crippen LogP) is 2.42. The van der Waals surface area contributed by atoms with Crippen molar-refractivity contribution in [3.05, 3.63) is 35.2 Å². The fraction of sp³-hybridized carbons (Fsp3) is 0.412. The number of benzene rings is 1. The second-order valence-corrected chi connectivity index (χ2v) is 5.66. The summed E-state index contributed by atoms with van der Waals surface area (Å²) in [5, 5.41) is 7.01. The first-order valence-corrected chi connectivity index (χ1v) is 8.02. The number of aliphatic imine (C=N–C) groups is 1. The van der Waals surface area contributed by atoms with Gasteiger partial charge in [0.1, 0.15) is 5.76 Å². The molecule has 24 heavy (non-hydrogen) atoms. The summed E-state index contributed by atoms with van der Waals surface area (Å²) < 4.78 is 16.4. The van der Waals surface area contributed by atoms with E-state index in [0.29, 0.717) is 25.7 Å². The van der Waals surface area contributed by atoms with Crippen LogP contribution in [0.5, 0.6) is 11.5 Å². The number of fused-ring (bicyclic) bond motifs is 1. The molecule has 7 heteroatoms. The molecule has 2 aromatic rings. The van der Waals surface area contributed by atoms with Gasteiger partial charge in [0.15, 0.2) is 17.5 Å². The number of ether oxygens (including phenoxy) is 2. The Kier molecular flexibility index (Phi) is 4.88. The third-order valence-corrected chi connectivity index (χ3v) is 3.85. The van der Waals surface area contributed by atoms with Crippen LogP contribution >= 0.6 is 0 Å². The van der Waals surface area contributed by atoms with Crippen LogP contribution in [-0.2, 0) is 6.42 Å². The van der Waals surface area contributed by atoms with Crippen molar-refractivity contribution in [1.29, 1.82) is 0 Å². The molecule has 1 aliphatic rings. The number of guanidine groups is 1. The highest BCUT2D eigenvalue weighted by atomic mass is 16.5. The number of aromatic nitrogens is 1. The molecule has 0 saturated heterocycles. The molecule has 0 fully saturated rings. The number of nitrogens with zero attached hydrogens (tertiary/aromatic N) is 2. The van der Waals surface area contributed by atoms with Crippen molar-refractivity contribution in [1.82, 2.24) is 5.16 Å². The maximum absolute atomic E-state index is 5.96. The quantitative estimate of drug-likeness (QED) is 0.660. The highest BCUT2D eigenvalue weighted by Gasteiger charge is 2.11. The molecular formula is C17H22N4O3. The van der Waals surface area contributed by atoms with Gasteiger partial charge in [-0.3, -0.25) is 4.99 Å². The fourth-order valence-electron chi connectivity index (χ4n) is 2.58. The van der Waals surface area contributed by atoms with Crippen molar-refractivity contribution in [2.45, 2.75) is 26.7 Å². The molecular weight excluding hydrogens is 308 g/mol. The van der Waals surface area contributed by atoms with Crippen LogP contribution in [0.2, 0.25) is 0 Å². The van der Waals surface area contributed by atoms with Crippen LogP contribution < -0.4 is 20.5 Å². The monoisotopic (exact) mass is 330 g/mol. The van der Waals surface area contributed by atoms with Gasteiger partial charge in [0.2, 0.25) is 0 Å².